The van der Waals surface area contributed by atoms with E-state index in [1.807, 2.05) is 4.98 Å². The number of nitrogens with one attached hydrogen (secondary N) is 1. The van der Waals surface area contributed by atoms with Gasteiger partial charge in [0, 0.05) is 6.20 Å². The zero-order valence-electron chi connectivity index (χ0n) is 9.82. The number of halogens is 1. The molecule has 1 aliphatic heterocycles. The zero-order chi connectivity index (χ0) is 14.2. The number of aliphatic hydroxyl groups is 2. The van der Waals surface area contributed by atoms with Crippen molar-refractivity contribution >= 4 is 6.08 Å². The van der Waals surface area contributed by atoms with Crippen molar-refractivity contribution in [3.05, 3.63) is 39.2 Å². The Kier molecular flexibility index (Phi) is 3.65. The SMILES string of the molecule is C=Cc1cn([C@@H]2O[C@H](CO)[C@@H](O)[C@@H]2F)c(=O)[nH]c1=O. The lowest BCUT2D eigenvalue weighted by Gasteiger charge is -2.16. The van der Waals surface area contributed by atoms with E-state index in [1.165, 1.54) is 6.08 Å². The molecule has 0 bridgehead atoms. The maximum absolute atomic E-state index is 13.9. The van der Waals surface area contributed by atoms with E-state index in [0.717, 1.165) is 10.8 Å². The smallest absolute Gasteiger partial charge is 0.330 e. The van der Waals surface area contributed by atoms with Gasteiger partial charge in [0.05, 0.1) is 12.2 Å². The minimum Gasteiger partial charge on any atom is -0.394 e. The number of H-pyrrole nitrogens is 1. The van der Waals surface area contributed by atoms with Crippen LogP contribution in [-0.2, 0) is 4.74 Å². The second-order valence-corrected chi connectivity index (χ2v) is 4.14. The molecule has 0 amide bonds. The molecule has 8 heteroatoms. The highest BCUT2D eigenvalue weighted by molar-refractivity contribution is 5.43. The molecular weight excluding hydrogens is 259 g/mol. The Balaban J connectivity index is 2.46. The summed E-state index contributed by atoms with van der Waals surface area (Å²) in [4.78, 5) is 25.0. The number of alkyl halides is 1. The van der Waals surface area contributed by atoms with E-state index in [2.05, 4.69) is 6.58 Å². The number of hydrogen-bond acceptors (Lipinski definition) is 5. The minimum absolute atomic E-state index is 0.0670. The van der Waals surface area contributed by atoms with Gasteiger partial charge in [-0.3, -0.25) is 14.3 Å². The molecule has 0 saturated carbocycles. The molecular formula is C11H13FN2O5. The van der Waals surface area contributed by atoms with Crippen LogP contribution in [0.4, 0.5) is 4.39 Å². The van der Waals surface area contributed by atoms with E-state index >= 15 is 0 Å². The third-order valence-electron chi connectivity index (χ3n) is 2.96. The molecule has 0 unspecified atom stereocenters. The average molecular weight is 272 g/mol. The van der Waals surface area contributed by atoms with E-state index in [-0.39, 0.29) is 5.56 Å². The van der Waals surface area contributed by atoms with Crippen LogP contribution in [0.25, 0.3) is 6.08 Å². The van der Waals surface area contributed by atoms with Crippen LogP contribution in [0.1, 0.15) is 11.8 Å². The fourth-order valence-electron chi connectivity index (χ4n) is 1.91. The average Bonchev–Trinajstić information content (AvgIpc) is 2.67. The maximum Gasteiger partial charge on any atom is 0.330 e. The highest BCUT2D eigenvalue weighted by atomic mass is 19.1. The number of aromatic nitrogens is 2. The number of ether oxygens (including phenoxy) is 1. The molecule has 4 atom stereocenters. The van der Waals surface area contributed by atoms with Crippen LogP contribution in [0.2, 0.25) is 0 Å². The summed E-state index contributed by atoms with van der Waals surface area (Å²) in [6.07, 6.45) is -3.66. The lowest BCUT2D eigenvalue weighted by molar-refractivity contribution is -0.0491. The molecule has 19 heavy (non-hydrogen) atoms. The molecule has 0 aromatic carbocycles. The molecule has 1 saturated heterocycles. The van der Waals surface area contributed by atoms with E-state index < -0.39 is 42.5 Å². The Morgan fingerprint density at radius 3 is 2.79 bits per heavy atom. The molecule has 1 aromatic rings. The second kappa shape index (κ2) is 5.08. The Hall–Kier alpha value is -1.77. The molecule has 1 aromatic heterocycles. The predicted octanol–water partition coefficient (Wildman–Crippen LogP) is -1.23. The van der Waals surface area contributed by atoms with Crippen molar-refractivity contribution in [2.75, 3.05) is 6.61 Å². The third-order valence-corrected chi connectivity index (χ3v) is 2.96. The van der Waals surface area contributed by atoms with Crippen LogP contribution in [-0.4, -0.2) is 44.8 Å². The van der Waals surface area contributed by atoms with Crippen LogP contribution < -0.4 is 11.2 Å². The van der Waals surface area contributed by atoms with Crippen LogP contribution in [0.15, 0.2) is 22.4 Å². The van der Waals surface area contributed by atoms with E-state index in [4.69, 9.17) is 9.84 Å². The first-order valence-electron chi connectivity index (χ1n) is 5.56. The molecule has 0 radical (unpaired) electrons. The Morgan fingerprint density at radius 2 is 2.26 bits per heavy atom. The van der Waals surface area contributed by atoms with Crippen molar-refractivity contribution in [3.8, 4) is 0 Å². The van der Waals surface area contributed by atoms with Crippen molar-refractivity contribution in [2.45, 2.75) is 24.6 Å². The van der Waals surface area contributed by atoms with Crippen LogP contribution in [0, 0.1) is 0 Å². The van der Waals surface area contributed by atoms with Gasteiger partial charge in [-0.05, 0) is 0 Å². The van der Waals surface area contributed by atoms with Crippen molar-refractivity contribution in [1.82, 2.24) is 9.55 Å². The van der Waals surface area contributed by atoms with E-state index in [1.54, 1.807) is 0 Å². The zero-order valence-corrected chi connectivity index (χ0v) is 9.82. The molecule has 2 heterocycles. The summed E-state index contributed by atoms with van der Waals surface area (Å²) >= 11 is 0. The molecule has 2 rings (SSSR count). The largest absolute Gasteiger partial charge is 0.394 e. The van der Waals surface area contributed by atoms with Gasteiger partial charge in [0.2, 0.25) is 0 Å². The van der Waals surface area contributed by atoms with Crippen LogP contribution in [0.5, 0.6) is 0 Å². The number of aromatic amines is 1. The fourth-order valence-corrected chi connectivity index (χ4v) is 1.91. The second-order valence-electron chi connectivity index (χ2n) is 4.14. The van der Waals surface area contributed by atoms with Crippen molar-refractivity contribution in [2.24, 2.45) is 0 Å². The molecule has 1 aliphatic rings. The van der Waals surface area contributed by atoms with Gasteiger partial charge in [-0.25, -0.2) is 9.18 Å². The van der Waals surface area contributed by atoms with Crippen LogP contribution >= 0.6 is 0 Å². The molecule has 0 aliphatic carbocycles. The summed E-state index contributed by atoms with van der Waals surface area (Å²) in [6, 6.07) is 0. The quantitative estimate of drug-likeness (QED) is 0.639. The summed E-state index contributed by atoms with van der Waals surface area (Å²) in [5.41, 5.74) is -1.45. The minimum atomic E-state index is -1.89. The Morgan fingerprint density at radius 1 is 1.58 bits per heavy atom. The van der Waals surface area contributed by atoms with Gasteiger partial charge in [-0.1, -0.05) is 12.7 Å². The normalized spacial score (nSPS) is 30.5. The monoisotopic (exact) mass is 272 g/mol. The predicted molar refractivity (Wildman–Crippen MR) is 63.3 cm³/mol. The number of aliphatic hydroxyl groups excluding tert-OH is 2. The standard InChI is InChI=1S/C11H13FN2O5/c1-2-5-3-14(11(18)13-9(5)17)10-7(12)8(16)6(4-15)19-10/h2-3,6-8,10,15-16H,1,4H2,(H,13,17,18)/t6-,7+,8-,10-/m1/s1. The molecule has 7 nitrogen and oxygen atoms in total. The Labute approximate surface area is 106 Å². The van der Waals surface area contributed by atoms with Gasteiger partial charge in [0.25, 0.3) is 5.56 Å². The summed E-state index contributed by atoms with van der Waals surface area (Å²) in [5.74, 6) is 0. The lowest BCUT2D eigenvalue weighted by Crippen LogP contribution is -2.36. The van der Waals surface area contributed by atoms with E-state index in [9.17, 15) is 19.1 Å². The summed E-state index contributed by atoms with van der Waals surface area (Å²) in [5, 5.41) is 18.4. The first-order valence-corrected chi connectivity index (χ1v) is 5.56. The topological polar surface area (TPSA) is 105 Å². The summed E-state index contributed by atoms with van der Waals surface area (Å²) < 4.78 is 19.8. The van der Waals surface area contributed by atoms with Crippen molar-refractivity contribution < 1.29 is 19.3 Å². The number of rotatable bonds is 3. The first kappa shape index (κ1) is 13.7. The van der Waals surface area contributed by atoms with Gasteiger partial charge in [-0.15, -0.1) is 0 Å². The van der Waals surface area contributed by atoms with Gasteiger partial charge < -0.3 is 14.9 Å². The molecule has 0 spiro atoms. The van der Waals surface area contributed by atoms with Crippen molar-refractivity contribution in [3.63, 3.8) is 0 Å². The lowest BCUT2D eigenvalue weighted by atomic mass is 10.1. The Bertz CT molecular complexity index is 595. The number of hydrogen-bond donors (Lipinski definition) is 3. The molecule has 1 fully saturated rings. The van der Waals surface area contributed by atoms with Gasteiger partial charge >= 0.3 is 5.69 Å². The maximum atomic E-state index is 13.9. The molecule has 104 valence electrons. The van der Waals surface area contributed by atoms with E-state index in [0.29, 0.717) is 0 Å². The molecule has 3 N–H and O–H groups in total. The highest BCUT2D eigenvalue weighted by Crippen LogP contribution is 2.30. The number of nitrogens with zero attached hydrogens (tertiary/aromatic N) is 1. The fraction of sp³-hybridized carbons (Fsp3) is 0.455. The van der Waals surface area contributed by atoms with Crippen molar-refractivity contribution in [1.29, 1.82) is 0 Å². The highest BCUT2D eigenvalue weighted by Gasteiger charge is 2.45. The summed E-state index contributed by atoms with van der Waals surface area (Å²) in [7, 11) is 0. The van der Waals surface area contributed by atoms with Gasteiger partial charge in [0.15, 0.2) is 12.4 Å². The van der Waals surface area contributed by atoms with Crippen LogP contribution in [0.3, 0.4) is 0 Å². The first-order chi connectivity index (χ1) is 8.99. The third kappa shape index (κ3) is 2.25. The summed E-state index contributed by atoms with van der Waals surface area (Å²) in [6.45, 7) is 2.82. The van der Waals surface area contributed by atoms with Gasteiger partial charge in [0.1, 0.15) is 12.2 Å². The van der Waals surface area contributed by atoms with Gasteiger partial charge in [-0.2, -0.15) is 0 Å².